The van der Waals surface area contributed by atoms with E-state index in [2.05, 4.69) is 9.98 Å². The van der Waals surface area contributed by atoms with Crippen LogP contribution in [0.15, 0.2) is 27.5 Å². The maximum atomic E-state index is 12.4. The number of hydrogen-bond acceptors (Lipinski definition) is 13. The molecule has 3 aliphatic heterocycles. The van der Waals surface area contributed by atoms with Gasteiger partial charge in [-0.2, -0.15) is 0 Å². The van der Waals surface area contributed by atoms with Crippen LogP contribution < -0.4 is 10.9 Å². The largest absolute Gasteiger partial charge is 0.494 e. The van der Waals surface area contributed by atoms with Crippen LogP contribution in [-0.4, -0.2) is 114 Å². The first kappa shape index (κ1) is 25.1. The molecular formula is C20H23N3O12. The summed E-state index contributed by atoms with van der Waals surface area (Å²) in [5.41, 5.74) is -2.39. The predicted molar refractivity (Wildman–Crippen MR) is 112 cm³/mol. The second kappa shape index (κ2) is 9.56. The molecule has 0 aliphatic carbocycles. The van der Waals surface area contributed by atoms with E-state index in [0.717, 1.165) is 12.1 Å². The molecule has 190 valence electrons. The Kier molecular flexibility index (Phi) is 6.85. The molecule has 3 aliphatic rings. The van der Waals surface area contributed by atoms with Crippen molar-refractivity contribution in [3.05, 3.63) is 33.6 Å². The van der Waals surface area contributed by atoms with E-state index in [9.17, 15) is 50.1 Å². The van der Waals surface area contributed by atoms with Crippen molar-refractivity contribution < 1.29 is 54.8 Å². The quantitative estimate of drug-likeness (QED) is 0.178. The van der Waals surface area contributed by atoms with Crippen LogP contribution in [0.4, 0.5) is 5.69 Å². The Labute approximate surface area is 195 Å². The topological polar surface area (TPSA) is 251 Å². The average molecular weight is 497 g/mol. The third-order valence-electron chi connectivity index (χ3n) is 5.94. The molecule has 0 unspecified atom stereocenters. The van der Waals surface area contributed by atoms with Crippen molar-refractivity contribution in [1.82, 2.24) is 10.3 Å². The number of aromatic amines is 1. The van der Waals surface area contributed by atoms with Crippen LogP contribution in [0.3, 0.4) is 0 Å². The summed E-state index contributed by atoms with van der Waals surface area (Å²) in [6, 6.07) is 0.989. The number of ether oxygens (including phenoxy) is 2. The summed E-state index contributed by atoms with van der Waals surface area (Å²) in [7, 11) is 0. The van der Waals surface area contributed by atoms with Gasteiger partial charge in [-0.05, 0) is 12.1 Å². The number of imide groups is 1. The molecule has 1 aromatic heterocycles. The molecular weight excluding hydrogens is 474 g/mol. The van der Waals surface area contributed by atoms with E-state index in [1.165, 1.54) is 0 Å². The Morgan fingerprint density at radius 3 is 2.31 bits per heavy atom. The summed E-state index contributed by atoms with van der Waals surface area (Å²) < 4.78 is 10.6. The third-order valence-corrected chi connectivity index (χ3v) is 5.94. The van der Waals surface area contributed by atoms with E-state index in [-0.39, 0.29) is 17.7 Å². The van der Waals surface area contributed by atoms with Crippen LogP contribution in [0.5, 0.6) is 5.88 Å². The van der Waals surface area contributed by atoms with Gasteiger partial charge in [-0.3, -0.25) is 24.7 Å². The number of amides is 2. The summed E-state index contributed by atoms with van der Waals surface area (Å²) in [4.78, 5) is 43.0. The molecule has 15 heteroatoms. The highest BCUT2D eigenvalue weighted by atomic mass is 16.6. The molecule has 0 bridgehead atoms. The number of aliphatic imine (C=N–C) groups is 1. The Morgan fingerprint density at radius 2 is 1.66 bits per heavy atom. The minimum absolute atomic E-state index is 0.206. The summed E-state index contributed by atoms with van der Waals surface area (Å²) in [5.74, 6) is -2.67. The van der Waals surface area contributed by atoms with Crippen molar-refractivity contribution in [2.45, 2.75) is 48.8 Å². The molecule has 4 heterocycles. The fourth-order valence-electron chi connectivity index (χ4n) is 4.00. The molecule has 1 aromatic rings. The molecule has 9 N–H and O–H groups in total. The van der Waals surface area contributed by atoms with Crippen LogP contribution in [-0.2, 0) is 19.1 Å². The summed E-state index contributed by atoms with van der Waals surface area (Å²) in [6.07, 6.45) is -10.8. The third kappa shape index (κ3) is 4.51. The van der Waals surface area contributed by atoms with Gasteiger partial charge < -0.3 is 45.2 Å². The highest BCUT2D eigenvalue weighted by Crippen LogP contribution is 2.34. The number of rotatable bonds is 4. The SMILES string of the molecule is O=C1NC(=O)C(=Nc2cc([C@H]3OC[C@@H](O)[C@@H](O)[C@H]3O)c(O)[nH]c2=O)C=C1[C@H]1O[C@@H](CO)[C@H](O)[C@@H]1O. The van der Waals surface area contributed by atoms with Gasteiger partial charge >= 0.3 is 0 Å². The standard InChI is InChI=1S/C20H23N3O12/c24-3-10-12(27)14(29)16(35-10)6-2-8(20(33)23-18(6)31)21-7-1-5(17(30)22-19(7)32)15-13(28)11(26)9(25)4-34-15/h1-2,9-16,24-29H,3-4H2,(H2,22,30,32)(H,23,31,33)/t9-,10+,11-,12+,13-,14+,15-,16-/m1/s1. The fraction of sp³-hybridized carbons (Fsp3) is 0.500. The van der Waals surface area contributed by atoms with E-state index < -0.39 is 90.1 Å². The number of aromatic hydroxyl groups is 1. The number of aromatic nitrogens is 1. The van der Waals surface area contributed by atoms with E-state index >= 15 is 0 Å². The summed E-state index contributed by atoms with van der Waals surface area (Å²) >= 11 is 0. The van der Waals surface area contributed by atoms with Gasteiger partial charge in [-0.15, -0.1) is 0 Å². The van der Waals surface area contributed by atoms with Gasteiger partial charge in [0.15, 0.2) is 5.88 Å². The minimum atomic E-state index is -1.68. The second-order valence-corrected chi connectivity index (χ2v) is 8.23. The molecule has 0 saturated carbocycles. The highest BCUT2D eigenvalue weighted by Gasteiger charge is 2.47. The van der Waals surface area contributed by atoms with Crippen LogP contribution in [0.2, 0.25) is 0 Å². The monoisotopic (exact) mass is 497 g/mol. The molecule has 15 nitrogen and oxygen atoms in total. The lowest BCUT2D eigenvalue weighted by molar-refractivity contribution is -0.189. The van der Waals surface area contributed by atoms with Gasteiger partial charge in [-0.25, -0.2) is 4.99 Å². The van der Waals surface area contributed by atoms with E-state index in [1.54, 1.807) is 0 Å². The zero-order valence-electron chi connectivity index (χ0n) is 17.8. The van der Waals surface area contributed by atoms with Crippen molar-refractivity contribution >= 4 is 23.2 Å². The first-order valence-corrected chi connectivity index (χ1v) is 10.4. The van der Waals surface area contributed by atoms with Crippen molar-refractivity contribution in [3.8, 4) is 5.88 Å². The van der Waals surface area contributed by atoms with Gasteiger partial charge in [0.25, 0.3) is 17.4 Å². The average Bonchev–Trinajstić information content (AvgIpc) is 3.09. The molecule has 0 aromatic carbocycles. The first-order valence-electron chi connectivity index (χ1n) is 10.4. The number of nitrogens with zero attached hydrogens (tertiary/aromatic N) is 1. The Morgan fingerprint density at radius 1 is 0.971 bits per heavy atom. The lowest BCUT2D eigenvalue weighted by Gasteiger charge is -2.35. The second-order valence-electron chi connectivity index (χ2n) is 8.23. The summed E-state index contributed by atoms with van der Waals surface area (Å²) in [5, 5.41) is 71.3. The van der Waals surface area contributed by atoms with E-state index in [1.807, 2.05) is 5.32 Å². The van der Waals surface area contributed by atoms with Gasteiger partial charge in [0.1, 0.15) is 60.2 Å². The predicted octanol–water partition coefficient (Wildman–Crippen LogP) is -4.63. The number of aliphatic hydroxyl groups is 6. The number of nitrogens with one attached hydrogen (secondary N) is 2. The zero-order valence-corrected chi connectivity index (χ0v) is 17.8. The van der Waals surface area contributed by atoms with Crippen LogP contribution in [0, 0.1) is 0 Å². The molecule has 0 radical (unpaired) electrons. The first-order chi connectivity index (χ1) is 16.5. The minimum Gasteiger partial charge on any atom is -0.494 e. The summed E-state index contributed by atoms with van der Waals surface area (Å²) in [6.45, 7) is -1.03. The van der Waals surface area contributed by atoms with E-state index in [0.29, 0.717) is 0 Å². The van der Waals surface area contributed by atoms with Gasteiger partial charge in [0.2, 0.25) is 0 Å². The lowest BCUT2D eigenvalue weighted by Crippen LogP contribution is -2.49. The van der Waals surface area contributed by atoms with E-state index in [4.69, 9.17) is 9.47 Å². The molecule has 2 amide bonds. The zero-order chi connectivity index (χ0) is 25.6. The number of carbonyl (C=O) groups excluding carboxylic acids is 2. The number of hydrogen-bond donors (Lipinski definition) is 9. The van der Waals surface area contributed by atoms with Crippen LogP contribution in [0.25, 0.3) is 0 Å². The van der Waals surface area contributed by atoms with Crippen molar-refractivity contribution in [3.63, 3.8) is 0 Å². The molecule has 0 spiro atoms. The van der Waals surface area contributed by atoms with Gasteiger partial charge in [0, 0.05) is 5.56 Å². The molecule has 2 fully saturated rings. The number of H-pyrrole nitrogens is 1. The number of aliphatic hydroxyl groups excluding tert-OH is 6. The molecule has 35 heavy (non-hydrogen) atoms. The molecule has 4 rings (SSSR count). The van der Waals surface area contributed by atoms with Gasteiger partial charge in [-0.1, -0.05) is 0 Å². The normalized spacial score (nSPS) is 36.9. The Hall–Kier alpha value is -3.02. The van der Waals surface area contributed by atoms with Crippen molar-refractivity contribution in [2.24, 2.45) is 4.99 Å². The smallest absolute Gasteiger partial charge is 0.276 e. The lowest BCUT2D eigenvalue weighted by atomic mass is 9.95. The van der Waals surface area contributed by atoms with Crippen LogP contribution >= 0.6 is 0 Å². The maximum absolute atomic E-state index is 12.4. The molecule has 2 saturated heterocycles. The fourth-order valence-corrected chi connectivity index (χ4v) is 4.00. The Bertz CT molecular complexity index is 1150. The van der Waals surface area contributed by atoms with Gasteiger partial charge in [0.05, 0.1) is 18.8 Å². The molecule has 8 atom stereocenters. The van der Waals surface area contributed by atoms with Crippen molar-refractivity contribution in [1.29, 1.82) is 0 Å². The maximum Gasteiger partial charge on any atom is 0.276 e. The number of carbonyl (C=O) groups is 2. The number of pyridine rings is 1. The van der Waals surface area contributed by atoms with Crippen molar-refractivity contribution in [2.75, 3.05) is 13.2 Å². The highest BCUT2D eigenvalue weighted by molar-refractivity contribution is 6.49. The van der Waals surface area contributed by atoms with Crippen LogP contribution in [0.1, 0.15) is 11.7 Å². The Balaban J connectivity index is 1.71.